The Morgan fingerprint density at radius 2 is 1.74 bits per heavy atom. The van der Waals surface area contributed by atoms with E-state index < -0.39 is 6.17 Å². The maximum Gasteiger partial charge on any atom is 0.135 e. The fourth-order valence-corrected chi connectivity index (χ4v) is 4.21. The Morgan fingerprint density at radius 1 is 1.04 bits per heavy atom. The molecule has 3 heteroatoms. The van der Waals surface area contributed by atoms with Crippen LogP contribution in [0, 0.1) is 5.92 Å². The van der Waals surface area contributed by atoms with Crippen LogP contribution in [0.4, 0.5) is 10.1 Å². The van der Waals surface area contributed by atoms with Gasteiger partial charge in [-0.1, -0.05) is 43.3 Å². The fourth-order valence-electron chi connectivity index (χ4n) is 4.21. The molecule has 0 aliphatic carbocycles. The van der Waals surface area contributed by atoms with E-state index in [-0.39, 0.29) is 0 Å². The van der Waals surface area contributed by atoms with Crippen LogP contribution in [0.15, 0.2) is 48.5 Å². The molecule has 1 aliphatic rings. The molecule has 3 rings (SSSR count). The third-order valence-corrected chi connectivity index (χ3v) is 5.56. The summed E-state index contributed by atoms with van der Waals surface area (Å²) in [7, 11) is 6.67. The van der Waals surface area contributed by atoms with E-state index in [2.05, 4.69) is 51.2 Å². The zero-order valence-electron chi connectivity index (χ0n) is 17.3. The predicted molar refractivity (Wildman–Crippen MR) is 114 cm³/mol. The van der Waals surface area contributed by atoms with Crippen molar-refractivity contribution in [3.63, 3.8) is 0 Å². The number of aryl methyl sites for hydroxylation is 1. The molecule has 0 amide bonds. The second kappa shape index (κ2) is 8.53. The van der Waals surface area contributed by atoms with Crippen molar-refractivity contribution >= 4 is 5.69 Å². The van der Waals surface area contributed by atoms with Gasteiger partial charge in [0.25, 0.3) is 0 Å². The zero-order chi connectivity index (χ0) is 19.4. The van der Waals surface area contributed by atoms with Crippen LogP contribution in [0.5, 0.6) is 0 Å². The first kappa shape index (κ1) is 20.0. The van der Waals surface area contributed by atoms with E-state index in [1.165, 1.54) is 16.8 Å². The first-order valence-corrected chi connectivity index (χ1v) is 10.2. The lowest BCUT2D eigenvalue weighted by Crippen LogP contribution is -2.50. The summed E-state index contributed by atoms with van der Waals surface area (Å²) in [6.07, 6.45) is 1.92. The molecule has 1 atom stereocenters. The molecular formula is C24H34FN2+. The number of alkyl halides is 1. The van der Waals surface area contributed by atoms with E-state index in [9.17, 15) is 4.39 Å². The number of nitrogens with zero attached hydrogens (tertiary/aromatic N) is 2. The topological polar surface area (TPSA) is 3.24 Å². The van der Waals surface area contributed by atoms with E-state index >= 15 is 0 Å². The molecule has 0 aromatic heterocycles. The average molecular weight is 370 g/mol. The van der Waals surface area contributed by atoms with Crippen molar-refractivity contribution in [3.8, 4) is 0 Å². The Bertz CT molecular complexity index is 730. The number of rotatable bonds is 8. The van der Waals surface area contributed by atoms with Crippen LogP contribution in [0.2, 0.25) is 0 Å². The molecule has 1 aliphatic heterocycles. The maximum absolute atomic E-state index is 14.3. The Hall–Kier alpha value is -1.71. The second-order valence-electron chi connectivity index (χ2n) is 8.90. The molecule has 0 saturated carbocycles. The number of quaternary nitrogens is 1. The summed E-state index contributed by atoms with van der Waals surface area (Å²) in [6, 6.07) is 16.9. The molecular weight excluding hydrogens is 335 g/mol. The average Bonchev–Trinajstić information content (AvgIpc) is 2.59. The van der Waals surface area contributed by atoms with Crippen LogP contribution in [-0.4, -0.2) is 51.8 Å². The SMILES string of the molecule is CCc1cc(CC2CN(CC(F)Cc3ccccc3)C2)ccc1[N+](C)(C)C. The summed E-state index contributed by atoms with van der Waals surface area (Å²) in [6.45, 7) is 4.84. The van der Waals surface area contributed by atoms with E-state index in [4.69, 9.17) is 0 Å². The first-order valence-electron chi connectivity index (χ1n) is 10.2. The van der Waals surface area contributed by atoms with Gasteiger partial charge in [-0.2, -0.15) is 0 Å². The number of benzene rings is 2. The summed E-state index contributed by atoms with van der Waals surface area (Å²) in [5, 5.41) is 0. The Morgan fingerprint density at radius 3 is 2.37 bits per heavy atom. The molecule has 2 aromatic carbocycles. The lowest BCUT2D eigenvalue weighted by molar-refractivity contribution is 0.0707. The number of halogens is 1. The third-order valence-electron chi connectivity index (χ3n) is 5.56. The molecule has 0 radical (unpaired) electrons. The molecule has 146 valence electrons. The van der Waals surface area contributed by atoms with Crippen molar-refractivity contribution in [2.24, 2.45) is 5.92 Å². The van der Waals surface area contributed by atoms with Crippen molar-refractivity contribution in [1.82, 2.24) is 9.38 Å². The predicted octanol–water partition coefficient (Wildman–Crippen LogP) is 4.50. The Kier molecular flexibility index (Phi) is 6.33. The first-order chi connectivity index (χ1) is 12.8. The molecule has 2 nitrogen and oxygen atoms in total. The third kappa shape index (κ3) is 5.40. The Labute approximate surface area is 164 Å². The molecule has 1 heterocycles. The highest BCUT2D eigenvalue weighted by Crippen LogP contribution is 2.28. The molecule has 1 unspecified atom stereocenters. The highest BCUT2D eigenvalue weighted by Gasteiger charge is 2.29. The lowest BCUT2D eigenvalue weighted by Gasteiger charge is -2.40. The fraction of sp³-hybridized carbons (Fsp3) is 0.500. The minimum absolute atomic E-state index is 0.522. The standard InChI is InChI=1S/C24H34FN2/c1-5-22-14-20(11-12-24(22)27(2,3)4)13-21-16-26(17-21)18-23(25)15-19-9-7-6-8-10-19/h6-12,14,21,23H,5,13,15-18H2,1-4H3/q+1. The van der Waals surface area contributed by atoms with Gasteiger partial charge in [0.05, 0.1) is 21.1 Å². The smallest absolute Gasteiger partial charge is 0.135 e. The van der Waals surface area contributed by atoms with Gasteiger partial charge in [-0.25, -0.2) is 4.39 Å². The summed E-state index contributed by atoms with van der Waals surface area (Å²) < 4.78 is 15.2. The van der Waals surface area contributed by atoms with Gasteiger partial charge in [0, 0.05) is 31.6 Å². The molecule has 27 heavy (non-hydrogen) atoms. The molecule has 0 spiro atoms. The van der Waals surface area contributed by atoms with Crippen molar-refractivity contribution in [3.05, 3.63) is 65.2 Å². The minimum Gasteiger partial charge on any atom is -0.300 e. The second-order valence-corrected chi connectivity index (χ2v) is 8.90. The van der Waals surface area contributed by atoms with Gasteiger partial charge in [-0.3, -0.25) is 9.38 Å². The van der Waals surface area contributed by atoms with Crippen LogP contribution in [0.25, 0.3) is 0 Å². The monoisotopic (exact) mass is 369 g/mol. The molecule has 2 aromatic rings. The van der Waals surface area contributed by atoms with Crippen molar-refractivity contribution in [1.29, 1.82) is 0 Å². The van der Waals surface area contributed by atoms with Gasteiger partial charge in [0.1, 0.15) is 11.9 Å². The van der Waals surface area contributed by atoms with Crippen molar-refractivity contribution < 1.29 is 4.39 Å². The van der Waals surface area contributed by atoms with Crippen molar-refractivity contribution in [2.75, 3.05) is 40.8 Å². The number of hydrogen-bond donors (Lipinski definition) is 0. The van der Waals surface area contributed by atoms with Crippen molar-refractivity contribution in [2.45, 2.75) is 32.4 Å². The highest BCUT2D eigenvalue weighted by molar-refractivity contribution is 5.51. The largest absolute Gasteiger partial charge is 0.300 e. The summed E-state index contributed by atoms with van der Waals surface area (Å²) in [4.78, 5) is 2.26. The van der Waals surface area contributed by atoms with E-state index in [0.717, 1.165) is 36.0 Å². The minimum atomic E-state index is -0.774. The summed E-state index contributed by atoms with van der Waals surface area (Å²) in [5.74, 6) is 0.661. The quantitative estimate of drug-likeness (QED) is 0.619. The Balaban J connectivity index is 1.48. The lowest BCUT2D eigenvalue weighted by atomic mass is 9.90. The maximum atomic E-state index is 14.3. The number of likely N-dealkylation sites (tertiary alicyclic amines) is 1. The van der Waals surface area contributed by atoms with Gasteiger partial charge in [-0.15, -0.1) is 0 Å². The summed E-state index contributed by atoms with van der Waals surface area (Å²) >= 11 is 0. The van der Waals surface area contributed by atoms with Crippen LogP contribution >= 0.6 is 0 Å². The van der Waals surface area contributed by atoms with Gasteiger partial charge in [0.15, 0.2) is 0 Å². The molecule has 0 N–H and O–H groups in total. The van der Waals surface area contributed by atoms with Crippen LogP contribution in [0.1, 0.15) is 23.6 Å². The van der Waals surface area contributed by atoms with E-state index in [1.807, 2.05) is 30.3 Å². The normalized spacial score (nSPS) is 16.9. The van der Waals surface area contributed by atoms with Crippen LogP contribution < -0.4 is 4.48 Å². The molecule has 0 bridgehead atoms. The zero-order valence-corrected chi connectivity index (χ0v) is 17.3. The van der Waals surface area contributed by atoms with Gasteiger partial charge in [-0.05, 0) is 42.0 Å². The van der Waals surface area contributed by atoms with E-state index in [0.29, 0.717) is 18.9 Å². The molecule has 1 saturated heterocycles. The van der Waals surface area contributed by atoms with Gasteiger partial charge >= 0.3 is 0 Å². The summed E-state index contributed by atoms with van der Waals surface area (Å²) in [5.41, 5.74) is 5.36. The van der Waals surface area contributed by atoms with E-state index in [1.54, 1.807) is 0 Å². The highest BCUT2D eigenvalue weighted by atomic mass is 19.1. The van der Waals surface area contributed by atoms with Crippen LogP contribution in [-0.2, 0) is 19.3 Å². The van der Waals surface area contributed by atoms with Gasteiger partial charge in [0.2, 0.25) is 0 Å². The van der Waals surface area contributed by atoms with Crippen LogP contribution in [0.3, 0.4) is 0 Å². The molecule has 1 fully saturated rings. The van der Waals surface area contributed by atoms with Gasteiger partial charge < -0.3 is 0 Å². The number of hydrogen-bond acceptors (Lipinski definition) is 1.